The molecule has 0 saturated heterocycles. The molecule has 1 unspecified atom stereocenters. The summed E-state index contributed by atoms with van der Waals surface area (Å²) in [5, 5.41) is 10.1. The SMILES string of the molecule is CC(NCc1ccn[nH]1)c1ccoc1. The standard InChI is InChI=1S/C10H13N3O/c1-8(9-3-5-14-7-9)11-6-10-2-4-12-13-10/h2-5,7-8,11H,6H2,1H3,(H,12,13). The molecule has 4 heteroatoms. The fraction of sp³-hybridized carbons (Fsp3) is 0.300. The second-order valence-electron chi connectivity index (χ2n) is 3.24. The third-order valence-corrected chi connectivity index (χ3v) is 2.20. The lowest BCUT2D eigenvalue weighted by molar-refractivity contribution is 0.535. The molecule has 0 aliphatic heterocycles. The molecule has 0 aromatic carbocycles. The van der Waals surface area contributed by atoms with Crippen molar-refractivity contribution in [1.82, 2.24) is 15.5 Å². The van der Waals surface area contributed by atoms with Crippen LogP contribution in [-0.2, 0) is 6.54 Å². The first kappa shape index (κ1) is 9.02. The Morgan fingerprint density at radius 3 is 3.14 bits per heavy atom. The molecule has 0 amide bonds. The first-order chi connectivity index (χ1) is 6.86. The highest BCUT2D eigenvalue weighted by molar-refractivity contribution is 5.10. The summed E-state index contributed by atoms with van der Waals surface area (Å²) in [6.45, 7) is 2.88. The predicted molar refractivity (Wildman–Crippen MR) is 52.6 cm³/mol. The van der Waals surface area contributed by atoms with Crippen LogP contribution in [0.1, 0.15) is 24.2 Å². The monoisotopic (exact) mass is 191 g/mol. The van der Waals surface area contributed by atoms with Gasteiger partial charge in [-0.05, 0) is 19.1 Å². The predicted octanol–water partition coefficient (Wildman–Crippen LogP) is 1.85. The van der Waals surface area contributed by atoms with Crippen LogP contribution in [0.15, 0.2) is 35.3 Å². The average Bonchev–Trinajstić information content (AvgIpc) is 2.87. The number of aromatic nitrogens is 2. The minimum atomic E-state index is 0.289. The quantitative estimate of drug-likeness (QED) is 0.775. The summed E-state index contributed by atoms with van der Waals surface area (Å²) in [7, 11) is 0. The topological polar surface area (TPSA) is 53.9 Å². The van der Waals surface area contributed by atoms with Crippen LogP contribution in [0, 0.1) is 0 Å². The number of hydrogen-bond acceptors (Lipinski definition) is 3. The molecule has 2 aromatic rings. The third kappa shape index (κ3) is 2.03. The molecule has 0 saturated carbocycles. The van der Waals surface area contributed by atoms with Gasteiger partial charge >= 0.3 is 0 Å². The van der Waals surface area contributed by atoms with Gasteiger partial charge in [0.25, 0.3) is 0 Å². The lowest BCUT2D eigenvalue weighted by Crippen LogP contribution is -2.17. The zero-order valence-electron chi connectivity index (χ0n) is 8.03. The van der Waals surface area contributed by atoms with Gasteiger partial charge in [0.05, 0.1) is 12.5 Å². The number of nitrogens with one attached hydrogen (secondary N) is 2. The Hall–Kier alpha value is -1.55. The molecule has 2 heterocycles. The number of rotatable bonds is 4. The fourth-order valence-electron chi connectivity index (χ4n) is 1.29. The molecule has 0 fully saturated rings. The van der Waals surface area contributed by atoms with E-state index in [-0.39, 0.29) is 6.04 Å². The van der Waals surface area contributed by atoms with Crippen LogP contribution in [-0.4, -0.2) is 10.2 Å². The second kappa shape index (κ2) is 4.11. The summed E-state index contributed by atoms with van der Waals surface area (Å²) in [4.78, 5) is 0. The summed E-state index contributed by atoms with van der Waals surface area (Å²) in [6, 6.07) is 4.21. The molecule has 0 radical (unpaired) electrons. The van der Waals surface area contributed by atoms with Crippen molar-refractivity contribution in [3.8, 4) is 0 Å². The molecule has 1 atom stereocenters. The zero-order valence-corrected chi connectivity index (χ0v) is 8.03. The normalized spacial score (nSPS) is 12.9. The molecule has 2 rings (SSSR count). The molecule has 0 spiro atoms. The summed E-state index contributed by atoms with van der Waals surface area (Å²) in [5.74, 6) is 0. The minimum absolute atomic E-state index is 0.289. The first-order valence-electron chi connectivity index (χ1n) is 4.60. The van der Waals surface area contributed by atoms with E-state index in [2.05, 4.69) is 22.4 Å². The summed E-state index contributed by atoms with van der Waals surface area (Å²) < 4.78 is 5.01. The number of furan rings is 1. The van der Waals surface area contributed by atoms with Gasteiger partial charge in [-0.1, -0.05) is 0 Å². The Kier molecular flexibility index (Phi) is 2.65. The van der Waals surface area contributed by atoms with Gasteiger partial charge < -0.3 is 9.73 Å². The lowest BCUT2D eigenvalue weighted by atomic mass is 10.2. The van der Waals surface area contributed by atoms with Gasteiger partial charge in [0.2, 0.25) is 0 Å². The minimum Gasteiger partial charge on any atom is -0.472 e. The third-order valence-electron chi connectivity index (χ3n) is 2.20. The molecule has 2 aromatic heterocycles. The average molecular weight is 191 g/mol. The Labute approximate surface area is 82.3 Å². The molecule has 74 valence electrons. The van der Waals surface area contributed by atoms with E-state index >= 15 is 0 Å². The van der Waals surface area contributed by atoms with Gasteiger partial charge in [-0.15, -0.1) is 0 Å². The number of hydrogen-bond donors (Lipinski definition) is 2. The van der Waals surface area contributed by atoms with Crippen LogP contribution in [0.3, 0.4) is 0 Å². The lowest BCUT2D eigenvalue weighted by Gasteiger charge is -2.10. The van der Waals surface area contributed by atoms with Crippen LogP contribution >= 0.6 is 0 Å². The molecular weight excluding hydrogens is 178 g/mol. The van der Waals surface area contributed by atoms with Gasteiger partial charge in [0, 0.05) is 30.0 Å². The van der Waals surface area contributed by atoms with E-state index < -0.39 is 0 Å². The maximum Gasteiger partial charge on any atom is 0.0950 e. The van der Waals surface area contributed by atoms with E-state index in [0.717, 1.165) is 17.8 Å². The van der Waals surface area contributed by atoms with Crippen molar-refractivity contribution in [2.24, 2.45) is 0 Å². The smallest absolute Gasteiger partial charge is 0.0950 e. The summed E-state index contributed by atoms with van der Waals surface area (Å²) in [5.41, 5.74) is 2.24. The van der Waals surface area contributed by atoms with E-state index in [9.17, 15) is 0 Å². The largest absolute Gasteiger partial charge is 0.472 e. The van der Waals surface area contributed by atoms with E-state index in [1.54, 1.807) is 18.7 Å². The Bertz CT molecular complexity index is 353. The van der Waals surface area contributed by atoms with Crippen LogP contribution in [0.25, 0.3) is 0 Å². The van der Waals surface area contributed by atoms with Gasteiger partial charge in [-0.3, -0.25) is 5.10 Å². The van der Waals surface area contributed by atoms with Crippen molar-refractivity contribution in [2.45, 2.75) is 19.5 Å². The van der Waals surface area contributed by atoms with Crippen molar-refractivity contribution >= 4 is 0 Å². The van der Waals surface area contributed by atoms with Crippen molar-refractivity contribution in [3.63, 3.8) is 0 Å². The van der Waals surface area contributed by atoms with Crippen molar-refractivity contribution < 1.29 is 4.42 Å². The molecule has 2 N–H and O–H groups in total. The van der Waals surface area contributed by atoms with E-state index in [1.165, 1.54) is 0 Å². The number of nitrogens with zero attached hydrogens (tertiary/aromatic N) is 1. The van der Waals surface area contributed by atoms with Crippen molar-refractivity contribution in [3.05, 3.63) is 42.1 Å². The molecule has 4 nitrogen and oxygen atoms in total. The Morgan fingerprint density at radius 1 is 1.57 bits per heavy atom. The Balaban J connectivity index is 1.87. The number of aromatic amines is 1. The van der Waals surface area contributed by atoms with Crippen LogP contribution in [0.4, 0.5) is 0 Å². The zero-order chi connectivity index (χ0) is 9.80. The van der Waals surface area contributed by atoms with E-state index in [1.807, 2.05) is 12.1 Å². The highest BCUT2D eigenvalue weighted by atomic mass is 16.3. The van der Waals surface area contributed by atoms with Crippen LogP contribution < -0.4 is 5.32 Å². The highest BCUT2D eigenvalue weighted by Gasteiger charge is 2.05. The van der Waals surface area contributed by atoms with Crippen molar-refractivity contribution in [1.29, 1.82) is 0 Å². The molecule has 0 bridgehead atoms. The van der Waals surface area contributed by atoms with Gasteiger partial charge in [0.1, 0.15) is 0 Å². The van der Waals surface area contributed by atoms with Gasteiger partial charge in [0.15, 0.2) is 0 Å². The summed E-state index contributed by atoms with van der Waals surface area (Å²) >= 11 is 0. The molecule has 14 heavy (non-hydrogen) atoms. The summed E-state index contributed by atoms with van der Waals surface area (Å²) in [6.07, 6.45) is 5.19. The number of H-pyrrole nitrogens is 1. The van der Waals surface area contributed by atoms with Crippen LogP contribution in [0.5, 0.6) is 0 Å². The Morgan fingerprint density at radius 2 is 2.50 bits per heavy atom. The second-order valence-corrected chi connectivity index (χ2v) is 3.24. The molecular formula is C10H13N3O. The molecule has 0 aliphatic rings. The van der Waals surface area contributed by atoms with Crippen molar-refractivity contribution in [2.75, 3.05) is 0 Å². The van der Waals surface area contributed by atoms with Crippen LogP contribution in [0.2, 0.25) is 0 Å². The fourth-order valence-corrected chi connectivity index (χ4v) is 1.29. The van der Waals surface area contributed by atoms with E-state index in [4.69, 9.17) is 4.42 Å². The maximum atomic E-state index is 5.01. The first-order valence-corrected chi connectivity index (χ1v) is 4.60. The van der Waals surface area contributed by atoms with Gasteiger partial charge in [-0.2, -0.15) is 5.10 Å². The highest BCUT2D eigenvalue weighted by Crippen LogP contribution is 2.12. The van der Waals surface area contributed by atoms with Gasteiger partial charge in [-0.25, -0.2) is 0 Å². The maximum absolute atomic E-state index is 5.01. The molecule has 0 aliphatic carbocycles. The van der Waals surface area contributed by atoms with E-state index in [0.29, 0.717) is 0 Å².